The number of aromatic nitrogens is 2. The highest BCUT2D eigenvalue weighted by molar-refractivity contribution is 9.10. The number of nitrogens with zero attached hydrogens (tertiary/aromatic N) is 2. The minimum Gasteiger partial charge on any atom is -0.397 e. The van der Waals surface area contributed by atoms with Gasteiger partial charge in [0, 0.05) is 15.7 Å². The Bertz CT molecular complexity index is 1160. The SMILES string of the molecule is O=C(Nc1ccc(Br)cc1)c1ccc2nc(-c3ccc([N+](=O)[O-])o3)[nH]c2c1. The fraction of sp³-hybridized carbons (Fsp3) is 0. The predicted molar refractivity (Wildman–Crippen MR) is 103 cm³/mol. The Morgan fingerprint density at radius 3 is 2.63 bits per heavy atom. The molecule has 0 aliphatic heterocycles. The van der Waals surface area contributed by atoms with Crippen LogP contribution in [0, 0.1) is 10.1 Å². The van der Waals surface area contributed by atoms with Crippen molar-refractivity contribution in [3.63, 3.8) is 0 Å². The summed E-state index contributed by atoms with van der Waals surface area (Å²) in [5.41, 5.74) is 2.36. The first-order valence-corrected chi connectivity index (χ1v) is 8.60. The van der Waals surface area contributed by atoms with Gasteiger partial charge in [-0.3, -0.25) is 14.9 Å². The summed E-state index contributed by atoms with van der Waals surface area (Å²) in [6.07, 6.45) is 0. The molecular formula is C18H11BrN4O4. The first-order valence-electron chi connectivity index (χ1n) is 7.81. The number of carbonyl (C=O) groups is 1. The molecule has 0 radical (unpaired) electrons. The van der Waals surface area contributed by atoms with E-state index in [2.05, 4.69) is 31.2 Å². The second-order valence-corrected chi connectivity index (χ2v) is 6.59. The lowest BCUT2D eigenvalue weighted by Crippen LogP contribution is -2.11. The molecule has 0 aliphatic rings. The lowest BCUT2D eigenvalue weighted by molar-refractivity contribution is -0.401. The van der Waals surface area contributed by atoms with Gasteiger partial charge in [0.2, 0.25) is 0 Å². The zero-order valence-corrected chi connectivity index (χ0v) is 15.2. The number of H-pyrrole nitrogens is 1. The van der Waals surface area contributed by atoms with Crippen LogP contribution in [-0.4, -0.2) is 20.8 Å². The van der Waals surface area contributed by atoms with Crippen LogP contribution < -0.4 is 5.32 Å². The Morgan fingerprint density at radius 1 is 1.15 bits per heavy atom. The number of fused-ring (bicyclic) bond motifs is 1. The first kappa shape index (κ1) is 17.0. The van der Waals surface area contributed by atoms with Crippen molar-refractivity contribution in [3.8, 4) is 11.6 Å². The molecular weight excluding hydrogens is 416 g/mol. The van der Waals surface area contributed by atoms with Gasteiger partial charge in [-0.1, -0.05) is 15.9 Å². The molecule has 0 unspecified atom stereocenters. The number of nitro groups is 1. The predicted octanol–water partition coefficient (Wildman–Crippen LogP) is 4.75. The van der Waals surface area contributed by atoms with E-state index in [0.717, 1.165) is 4.47 Å². The number of anilines is 1. The van der Waals surface area contributed by atoms with E-state index < -0.39 is 4.92 Å². The van der Waals surface area contributed by atoms with Crippen molar-refractivity contribution in [2.45, 2.75) is 0 Å². The zero-order valence-electron chi connectivity index (χ0n) is 13.6. The maximum Gasteiger partial charge on any atom is 0.433 e. The van der Waals surface area contributed by atoms with Crippen molar-refractivity contribution >= 4 is 44.4 Å². The van der Waals surface area contributed by atoms with Crippen LogP contribution in [0.15, 0.2) is 63.5 Å². The van der Waals surface area contributed by atoms with E-state index in [1.807, 2.05) is 12.1 Å². The van der Waals surface area contributed by atoms with Gasteiger partial charge in [0.05, 0.1) is 17.1 Å². The number of hydrogen-bond donors (Lipinski definition) is 2. The number of amides is 1. The third-order valence-corrected chi connectivity index (χ3v) is 4.38. The number of halogens is 1. The van der Waals surface area contributed by atoms with Crippen LogP contribution in [0.2, 0.25) is 0 Å². The Morgan fingerprint density at radius 2 is 1.93 bits per heavy atom. The summed E-state index contributed by atoms with van der Waals surface area (Å²) in [5, 5.41) is 13.6. The molecule has 9 heteroatoms. The average molecular weight is 427 g/mol. The number of benzene rings is 2. The summed E-state index contributed by atoms with van der Waals surface area (Å²) in [5.74, 6) is -0.0219. The summed E-state index contributed by atoms with van der Waals surface area (Å²) >= 11 is 3.35. The number of hydrogen-bond acceptors (Lipinski definition) is 5. The normalized spacial score (nSPS) is 10.9. The third kappa shape index (κ3) is 3.44. The molecule has 2 aromatic heterocycles. The molecule has 8 nitrogen and oxygen atoms in total. The van der Waals surface area contributed by atoms with Gasteiger partial charge in [0.1, 0.15) is 4.92 Å². The molecule has 1 amide bonds. The van der Waals surface area contributed by atoms with Crippen LogP contribution in [0.5, 0.6) is 0 Å². The van der Waals surface area contributed by atoms with E-state index in [1.54, 1.807) is 30.3 Å². The van der Waals surface area contributed by atoms with Crippen LogP contribution in [0.3, 0.4) is 0 Å². The van der Waals surface area contributed by atoms with Crippen molar-refractivity contribution in [1.82, 2.24) is 9.97 Å². The number of nitrogens with one attached hydrogen (secondary N) is 2. The number of carbonyl (C=O) groups excluding carboxylic acids is 1. The molecule has 0 bridgehead atoms. The Hall–Kier alpha value is -3.46. The van der Waals surface area contributed by atoms with Gasteiger partial charge in [0.15, 0.2) is 11.6 Å². The van der Waals surface area contributed by atoms with Crippen molar-refractivity contribution in [3.05, 3.63) is 74.7 Å². The lowest BCUT2D eigenvalue weighted by Gasteiger charge is -2.05. The Kier molecular flexibility index (Phi) is 4.21. The van der Waals surface area contributed by atoms with Gasteiger partial charge >= 0.3 is 5.88 Å². The molecule has 2 heterocycles. The second kappa shape index (κ2) is 6.69. The molecule has 0 spiro atoms. The third-order valence-electron chi connectivity index (χ3n) is 3.85. The van der Waals surface area contributed by atoms with Crippen LogP contribution in [-0.2, 0) is 0 Å². The van der Waals surface area contributed by atoms with Crippen LogP contribution in [0.25, 0.3) is 22.6 Å². The van der Waals surface area contributed by atoms with E-state index in [-0.39, 0.29) is 17.6 Å². The zero-order chi connectivity index (χ0) is 19.0. The van der Waals surface area contributed by atoms with E-state index in [4.69, 9.17) is 4.42 Å². The van der Waals surface area contributed by atoms with Gasteiger partial charge in [-0.15, -0.1) is 0 Å². The second-order valence-electron chi connectivity index (χ2n) is 5.67. The quantitative estimate of drug-likeness (QED) is 0.361. The minimum absolute atomic E-state index is 0.249. The summed E-state index contributed by atoms with van der Waals surface area (Å²) in [6, 6.07) is 15.0. The number of furan rings is 1. The van der Waals surface area contributed by atoms with Gasteiger partial charge in [0.25, 0.3) is 5.91 Å². The Labute approximate surface area is 160 Å². The molecule has 0 saturated heterocycles. The number of rotatable bonds is 4. The van der Waals surface area contributed by atoms with Gasteiger partial charge in [-0.05, 0) is 48.5 Å². The van der Waals surface area contributed by atoms with Gasteiger partial charge in [-0.25, -0.2) is 4.98 Å². The highest BCUT2D eigenvalue weighted by atomic mass is 79.9. The minimum atomic E-state index is -0.614. The molecule has 2 aromatic carbocycles. The molecule has 2 N–H and O–H groups in total. The highest BCUT2D eigenvalue weighted by Gasteiger charge is 2.16. The molecule has 4 aromatic rings. The summed E-state index contributed by atoms with van der Waals surface area (Å²) in [4.78, 5) is 29.9. The fourth-order valence-corrected chi connectivity index (χ4v) is 2.82. The monoisotopic (exact) mass is 426 g/mol. The summed E-state index contributed by atoms with van der Waals surface area (Å²) in [7, 11) is 0. The molecule has 134 valence electrons. The molecule has 0 aliphatic carbocycles. The fourth-order valence-electron chi connectivity index (χ4n) is 2.56. The number of aromatic amines is 1. The van der Waals surface area contributed by atoms with E-state index in [1.165, 1.54) is 12.1 Å². The largest absolute Gasteiger partial charge is 0.433 e. The molecule has 0 fully saturated rings. The van der Waals surface area contributed by atoms with Crippen LogP contribution in [0.4, 0.5) is 11.6 Å². The van der Waals surface area contributed by atoms with E-state index in [9.17, 15) is 14.9 Å². The van der Waals surface area contributed by atoms with Crippen molar-refractivity contribution in [2.75, 3.05) is 5.32 Å². The molecule has 0 atom stereocenters. The topological polar surface area (TPSA) is 114 Å². The van der Waals surface area contributed by atoms with Crippen molar-refractivity contribution in [1.29, 1.82) is 0 Å². The van der Waals surface area contributed by atoms with E-state index >= 15 is 0 Å². The Balaban J connectivity index is 1.61. The number of imidazole rings is 1. The maximum atomic E-state index is 12.4. The van der Waals surface area contributed by atoms with Gasteiger partial charge in [-0.2, -0.15) is 0 Å². The van der Waals surface area contributed by atoms with Crippen molar-refractivity contribution < 1.29 is 14.1 Å². The van der Waals surface area contributed by atoms with E-state index in [0.29, 0.717) is 28.1 Å². The van der Waals surface area contributed by atoms with Crippen LogP contribution >= 0.6 is 15.9 Å². The smallest absolute Gasteiger partial charge is 0.397 e. The highest BCUT2D eigenvalue weighted by Crippen LogP contribution is 2.26. The van der Waals surface area contributed by atoms with Crippen LogP contribution in [0.1, 0.15) is 10.4 Å². The first-order chi connectivity index (χ1) is 13.0. The standard InChI is InChI=1S/C18H11BrN4O4/c19-11-2-4-12(5-3-11)20-18(24)10-1-6-13-14(9-10)22-17(21-13)15-7-8-16(27-15)23(25)26/h1-9H,(H,20,24)(H,21,22). The average Bonchev–Trinajstić information content (AvgIpc) is 3.29. The van der Waals surface area contributed by atoms with Crippen molar-refractivity contribution in [2.24, 2.45) is 0 Å². The maximum absolute atomic E-state index is 12.4. The molecule has 27 heavy (non-hydrogen) atoms. The molecule has 4 rings (SSSR count). The molecule has 0 saturated carbocycles. The summed E-state index contributed by atoms with van der Waals surface area (Å²) in [6.45, 7) is 0. The van der Waals surface area contributed by atoms with Gasteiger partial charge < -0.3 is 14.7 Å². The lowest BCUT2D eigenvalue weighted by atomic mass is 10.2. The summed E-state index contributed by atoms with van der Waals surface area (Å²) < 4.78 is 6.07.